The van der Waals surface area contributed by atoms with Crippen molar-refractivity contribution < 1.29 is 4.79 Å². The molecule has 0 spiro atoms. The second-order valence-electron chi connectivity index (χ2n) is 6.75. The Morgan fingerprint density at radius 2 is 1.70 bits per heavy atom. The van der Waals surface area contributed by atoms with Gasteiger partial charge in [0.05, 0.1) is 0 Å². The highest BCUT2D eigenvalue weighted by atomic mass is 16.1. The summed E-state index contributed by atoms with van der Waals surface area (Å²) in [7, 11) is 1.86. The summed E-state index contributed by atoms with van der Waals surface area (Å²) in [5.41, 5.74) is 5.88. The second kappa shape index (κ2) is 16.8. The number of hydrazone groups is 1. The lowest BCUT2D eigenvalue weighted by atomic mass is 10.2. The van der Waals surface area contributed by atoms with Crippen LogP contribution in [0.25, 0.3) is 0 Å². The van der Waals surface area contributed by atoms with Gasteiger partial charge in [-0.1, -0.05) is 67.1 Å². The van der Waals surface area contributed by atoms with E-state index in [1.807, 2.05) is 58.2 Å². The molecule has 0 aliphatic heterocycles. The maximum atomic E-state index is 10.2. The monoisotopic (exact) mass is 407 g/mol. The first kappa shape index (κ1) is 26.9. The summed E-state index contributed by atoms with van der Waals surface area (Å²) in [6.45, 7) is 14.2. The van der Waals surface area contributed by atoms with Crippen molar-refractivity contribution in [2.45, 2.75) is 41.0 Å². The van der Waals surface area contributed by atoms with Crippen molar-refractivity contribution in [1.29, 1.82) is 0 Å². The zero-order valence-electron chi connectivity index (χ0n) is 19.4. The number of aldehydes is 1. The summed E-state index contributed by atoms with van der Waals surface area (Å²) in [6, 6.07) is 18.5. The van der Waals surface area contributed by atoms with E-state index in [4.69, 9.17) is 0 Å². The van der Waals surface area contributed by atoms with E-state index in [0.29, 0.717) is 6.54 Å². The van der Waals surface area contributed by atoms with Gasteiger partial charge in [0.25, 0.3) is 0 Å². The first-order chi connectivity index (χ1) is 14.4. The van der Waals surface area contributed by atoms with Gasteiger partial charge < -0.3 is 5.32 Å². The minimum atomic E-state index is 0.712. The zero-order valence-corrected chi connectivity index (χ0v) is 19.4. The molecule has 0 aliphatic rings. The fourth-order valence-corrected chi connectivity index (χ4v) is 2.19. The van der Waals surface area contributed by atoms with Crippen molar-refractivity contribution in [2.24, 2.45) is 5.10 Å². The largest absolute Gasteiger partial charge is 0.381 e. The molecule has 0 radical (unpaired) electrons. The summed E-state index contributed by atoms with van der Waals surface area (Å²) in [5.74, 6) is 0. The van der Waals surface area contributed by atoms with E-state index in [0.717, 1.165) is 29.7 Å². The highest BCUT2D eigenvalue weighted by molar-refractivity contribution is 5.66. The van der Waals surface area contributed by atoms with E-state index in [9.17, 15) is 4.79 Å². The van der Waals surface area contributed by atoms with E-state index in [-0.39, 0.29) is 0 Å². The van der Waals surface area contributed by atoms with Crippen LogP contribution in [-0.2, 0) is 11.2 Å². The van der Waals surface area contributed by atoms with Crippen LogP contribution in [0.5, 0.6) is 0 Å². The number of anilines is 1. The van der Waals surface area contributed by atoms with E-state index >= 15 is 0 Å². The summed E-state index contributed by atoms with van der Waals surface area (Å²) in [5, 5.41) is 8.67. The number of benzene rings is 2. The van der Waals surface area contributed by atoms with Gasteiger partial charge in [-0.25, -0.2) is 0 Å². The Balaban J connectivity index is 0.000000451. The molecule has 0 atom stereocenters. The van der Waals surface area contributed by atoms with Gasteiger partial charge in [0, 0.05) is 31.7 Å². The topological polar surface area (TPSA) is 44.7 Å². The molecule has 0 bridgehead atoms. The minimum Gasteiger partial charge on any atom is -0.381 e. The van der Waals surface area contributed by atoms with Crippen molar-refractivity contribution in [2.75, 3.05) is 18.9 Å². The van der Waals surface area contributed by atoms with E-state index < -0.39 is 0 Å². The molecule has 0 aromatic heterocycles. The molecular formula is C26H37N3O. The Morgan fingerprint density at radius 1 is 1.10 bits per heavy atom. The van der Waals surface area contributed by atoms with Crippen LogP contribution in [0.2, 0.25) is 0 Å². The number of hydrogen-bond donors (Lipinski definition) is 1. The van der Waals surface area contributed by atoms with Gasteiger partial charge in [0.2, 0.25) is 0 Å². The molecule has 4 nitrogen and oxygen atoms in total. The van der Waals surface area contributed by atoms with Crippen LogP contribution in [0.15, 0.2) is 83.1 Å². The van der Waals surface area contributed by atoms with Crippen molar-refractivity contribution in [3.63, 3.8) is 0 Å². The van der Waals surface area contributed by atoms with Gasteiger partial charge in [0.15, 0.2) is 0 Å². The molecule has 0 aliphatic carbocycles. The number of allylic oxidation sites excluding steroid dienone is 3. The molecule has 2 rings (SSSR count). The summed E-state index contributed by atoms with van der Waals surface area (Å²) in [4.78, 5) is 10.2. The molecule has 2 aromatic carbocycles. The fraction of sp³-hybridized carbons (Fsp3) is 0.308. The number of nitrogens with one attached hydrogen (secondary N) is 1. The van der Waals surface area contributed by atoms with Crippen LogP contribution in [0.1, 0.15) is 38.8 Å². The van der Waals surface area contributed by atoms with Crippen LogP contribution >= 0.6 is 0 Å². The number of hydrogen-bond acceptors (Lipinski definition) is 4. The number of aryl methyl sites for hydroxylation is 2. The normalized spacial score (nSPS) is 10.6. The predicted molar refractivity (Wildman–Crippen MR) is 132 cm³/mol. The Morgan fingerprint density at radius 3 is 2.13 bits per heavy atom. The Labute approximate surface area is 183 Å². The summed E-state index contributed by atoms with van der Waals surface area (Å²) in [6.07, 6.45) is 5.51. The third kappa shape index (κ3) is 12.3. The van der Waals surface area contributed by atoms with Gasteiger partial charge >= 0.3 is 0 Å². The van der Waals surface area contributed by atoms with Gasteiger partial charge in [-0.05, 0) is 57.4 Å². The summed E-state index contributed by atoms with van der Waals surface area (Å²) < 4.78 is 0. The fourth-order valence-electron chi connectivity index (χ4n) is 2.19. The molecular weight excluding hydrogens is 370 g/mol. The molecule has 0 saturated carbocycles. The molecule has 0 saturated heterocycles. The molecule has 162 valence electrons. The van der Waals surface area contributed by atoms with E-state index in [1.165, 1.54) is 11.1 Å². The number of nitrogens with zero attached hydrogens (tertiary/aromatic N) is 2. The zero-order chi connectivity index (χ0) is 22.8. The van der Waals surface area contributed by atoms with Crippen molar-refractivity contribution in [3.05, 3.63) is 89.1 Å². The number of carbonyl (C=O) groups excluding carboxylic acids is 1. The number of carbonyl (C=O) groups is 1. The highest BCUT2D eigenvalue weighted by Gasteiger charge is 1.95. The standard InChI is InChI=1S/C12H15NO.C8H10.C6H12N2/c1-10(7-8-14)9-13-12-6-4-3-5-11(12)2;1-2-8-6-4-3-5-7-8;1-5-6(2)8(4)7-3/h3-8,13H,9H2,1-2H3;3-7H,2H2,1H3;5H,3H2,1-2,4H3/b10-7+;;6-5-. The predicted octanol–water partition coefficient (Wildman–Crippen LogP) is 6.26. The first-order valence-corrected chi connectivity index (χ1v) is 10.2. The van der Waals surface area contributed by atoms with Gasteiger partial charge in [-0.2, -0.15) is 5.10 Å². The third-order valence-corrected chi connectivity index (χ3v) is 4.45. The number of rotatable bonds is 7. The van der Waals surface area contributed by atoms with Crippen molar-refractivity contribution in [1.82, 2.24) is 5.01 Å². The number of para-hydroxylation sites is 1. The maximum Gasteiger partial charge on any atom is 0.142 e. The molecule has 0 fully saturated rings. The molecule has 4 heteroatoms. The summed E-state index contributed by atoms with van der Waals surface area (Å²) >= 11 is 0. The van der Waals surface area contributed by atoms with Gasteiger partial charge in [-0.3, -0.25) is 9.80 Å². The van der Waals surface area contributed by atoms with Crippen molar-refractivity contribution >= 4 is 18.7 Å². The van der Waals surface area contributed by atoms with Crippen molar-refractivity contribution in [3.8, 4) is 0 Å². The Hall–Kier alpha value is -3.14. The Bertz CT molecular complexity index is 795. The van der Waals surface area contributed by atoms with Crippen LogP contribution in [-0.4, -0.2) is 31.6 Å². The van der Waals surface area contributed by atoms with Crippen LogP contribution in [0.3, 0.4) is 0 Å². The highest BCUT2D eigenvalue weighted by Crippen LogP contribution is 2.13. The average Bonchev–Trinajstić information content (AvgIpc) is 2.79. The van der Waals surface area contributed by atoms with E-state index in [2.05, 4.69) is 61.3 Å². The molecule has 30 heavy (non-hydrogen) atoms. The molecule has 1 N–H and O–H groups in total. The smallest absolute Gasteiger partial charge is 0.142 e. The lowest BCUT2D eigenvalue weighted by molar-refractivity contribution is -0.104. The third-order valence-electron chi connectivity index (χ3n) is 4.45. The second-order valence-corrected chi connectivity index (χ2v) is 6.75. The quantitative estimate of drug-likeness (QED) is 0.255. The average molecular weight is 408 g/mol. The lowest BCUT2D eigenvalue weighted by Crippen LogP contribution is -2.05. The van der Waals surface area contributed by atoms with Gasteiger partial charge in [-0.15, -0.1) is 0 Å². The van der Waals surface area contributed by atoms with Crippen LogP contribution in [0.4, 0.5) is 5.69 Å². The lowest BCUT2D eigenvalue weighted by Gasteiger charge is -2.10. The molecule has 2 aromatic rings. The molecule has 0 amide bonds. The Kier molecular flexibility index (Phi) is 15.0. The van der Waals surface area contributed by atoms with Gasteiger partial charge in [0.1, 0.15) is 6.29 Å². The minimum absolute atomic E-state index is 0.712. The van der Waals surface area contributed by atoms with Crippen LogP contribution in [0, 0.1) is 6.92 Å². The van der Waals surface area contributed by atoms with Crippen LogP contribution < -0.4 is 5.32 Å². The maximum absolute atomic E-state index is 10.2. The molecule has 0 heterocycles. The first-order valence-electron chi connectivity index (χ1n) is 10.2. The van der Waals surface area contributed by atoms with E-state index in [1.54, 1.807) is 11.1 Å². The SMILES string of the molecule is C/C(=C\C=O)CNc1ccccc1C.C=NN(C)/C(C)=C\C.CCc1ccccc1. The molecule has 0 unspecified atom stereocenters.